The quantitative estimate of drug-likeness (QED) is 0.649. The maximum atomic E-state index is 12.2. The predicted octanol–water partition coefficient (Wildman–Crippen LogP) is 1.32. The predicted molar refractivity (Wildman–Crippen MR) is 95.9 cm³/mol. The molecule has 0 unspecified atom stereocenters. The van der Waals surface area contributed by atoms with E-state index in [1.165, 1.54) is 0 Å². The molecule has 1 heterocycles. The zero-order valence-electron chi connectivity index (χ0n) is 15.0. The number of benzene rings is 2. The number of carbonyl (C=O) groups excluding carboxylic acids is 2. The number of hydrazine groups is 1. The van der Waals surface area contributed by atoms with E-state index < -0.39 is 45.4 Å². The van der Waals surface area contributed by atoms with Crippen molar-refractivity contribution >= 4 is 27.5 Å². The van der Waals surface area contributed by atoms with Crippen LogP contribution in [0.5, 0.6) is 11.5 Å². The molecule has 1 aliphatic heterocycles. The molecule has 2 N–H and O–H groups in total. The van der Waals surface area contributed by atoms with Gasteiger partial charge >= 0.3 is 6.36 Å². The van der Waals surface area contributed by atoms with Gasteiger partial charge in [0.15, 0.2) is 6.61 Å². The van der Waals surface area contributed by atoms with Crippen molar-refractivity contribution in [2.75, 3.05) is 18.1 Å². The molecule has 0 saturated heterocycles. The lowest BCUT2D eigenvalue weighted by Gasteiger charge is -2.28. The van der Waals surface area contributed by atoms with Crippen LogP contribution in [0.1, 0.15) is 0 Å². The summed E-state index contributed by atoms with van der Waals surface area (Å²) in [6.07, 6.45) is -4.91. The lowest BCUT2D eigenvalue weighted by molar-refractivity contribution is -0.274. The van der Waals surface area contributed by atoms with E-state index in [0.717, 1.165) is 29.2 Å². The summed E-state index contributed by atoms with van der Waals surface area (Å²) in [6, 6.07) is 9.87. The third-order valence-electron chi connectivity index (χ3n) is 3.80. The Morgan fingerprint density at radius 3 is 2.47 bits per heavy atom. The fraction of sp³-hybridized carbons (Fsp3) is 0.176. The van der Waals surface area contributed by atoms with Crippen LogP contribution < -0.4 is 24.6 Å². The van der Waals surface area contributed by atoms with E-state index in [2.05, 4.69) is 4.74 Å². The summed E-state index contributed by atoms with van der Waals surface area (Å²) in [5.74, 6) is -1.55. The molecule has 2 aromatic rings. The molecule has 30 heavy (non-hydrogen) atoms. The highest BCUT2D eigenvalue weighted by atomic mass is 32.2. The van der Waals surface area contributed by atoms with E-state index in [-0.39, 0.29) is 6.61 Å². The molecule has 9 nitrogen and oxygen atoms in total. The average Bonchev–Trinajstić information content (AvgIpc) is 2.68. The summed E-state index contributed by atoms with van der Waals surface area (Å²) in [5.41, 5.74) is 2.30. The summed E-state index contributed by atoms with van der Waals surface area (Å²) in [5, 5.41) is 0. The van der Waals surface area contributed by atoms with E-state index in [1.807, 2.05) is 10.3 Å². The number of hydrogen-bond acceptors (Lipinski definition) is 6. The largest absolute Gasteiger partial charge is 0.573 e. The number of nitrogens with zero attached hydrogens (tertiary/aromatic N) is 1. The maximum absolute atomic E-state index is 12.2. The smallest absolute Gasteiger partial charge is 0.482 e. The second-order valence-electron chi connectivity index (χ2n) is 5.91. The van der Waals surface area contributed by atoms with E-state index in [4.69, 9.17) is 4.74 Å². The lowest BCUT2D eigenvalue weighted by atomic mass is 10.2. The summed E-state index contributed by atoms with van der Waals surface area (Å²) >= 11 is 0. The number of hydrogen-bond donors (Lipinski definition) is 2. The van der Waals surface area contributed by atoms with Gasteiger partial charge in [0.1, 0.15) is 18.0 Å². The summed E-state index contributed by atoms with van der Waals surface area (Å²) in [7, 11) is -4.28. The van der Waals surface area contributed by atoms with Gasteiger partial charge in [0.2, 0.25) is 0 Å². The minimum absolute atomic E-state index is 0.275. The van der Waals surface area contributed by atoms with Crippen LogP contribution in [0.4, 0.5) is 18.9 Å². The van der Waals surface area contributed by atoms with Crippen molar-refractivity contribution in [2.45, 2.75) is 11.3 Å². The normalized spacial score (nSPS) is 14.0. The first-order valence-electron chi connectivity index (χ1n) is 8.24. The molecule has 0 atom stereocenters. The van der Waals surface area contributed by atoms with Crippen LogP contribution in [0.15, 0.2) is 53.4 Å². The second kappa shape index (κ2) is 8.20. The molecular weight excluding hydrogens is 431 g/mol. The Labute approximate surface area is 168 Å². The maximum Gasteiger partial charge on any atom is 0.573 e. The number of alkyl halides is 3. The number of halogens is 3. The molecule has 2 amide bonds. The Bertz CT molecular complexity index is 1060. The average molecular weight is 445 g/mol. The first-order valence-corrected chi connectivity index (χ1v) is 9.72. The van der Waals surface area contributed by atoms with Crippen molar-refractivity contribution in [2.24, 2.45) is 0 Å². The second-order valence-corrected chi connectivity index (χ2v) is 7.59. The fourth-order valence-corrected chi connectivity index (χ4v) is 3.37. The van der Waals surface area contributed by atoms with Gasteiger partial charge in [-0.3, -0.25) is 19.9 Å². The highest BCUT2D eigenvalue weighted by Crippen LogP contribution is 2.31. The number of nitrogens with one attached hydrogen (secondary N) is 2. The molecule has 0 fully saturated rings. The molecule has 1 aliphatic rings. The Hall–Kier alpha value is -3.32. The van der Waals surface area contributed by atoms with Crippen molar-refractivity contribution in [3.05, 3.63) is 48.5 Å². The molecule has 0 radical (unpaired) electrons. The lowest BCUT2D eigenvalue weighted by Crippen LogP contribution is -2.49. The summed E-state index contributed by atoms with van der Waals surface area (Å²) in [4.78, 5) is 26.7. The standard InChI is InChI=1S/C17H14F3N3O6S/c18-17(19,20)29-11-5-7-12(8-6-11)30(26,27)22-21-15(24)9-23-13-3-1-2-4-14(13)28-10-16(23)25/h1-8,22H,9-10H2,(H,21,24). The topological polar surface area (TPSA) is 114 Å². The van der Waals surface area contributed by atoms with Gasteiger partial charge in [-0.1, -0.05) is 12.1 Å². The van der Waals surface area contributed by atoms with Gasteiger partial charge in [-0.15, -0.1) is 18.0 Å². The van der Waals surface area contributed by atoms with Crippen molar-refractivity contribution < 1.29 is 40.7 Å². The van der Waals surface area contributed by atoms with E-state index >= 15 is 0 Å². The number of sulfonamides is 1. The first-order chi connectivity index (χ1) is 14.0. The Morgan fingerprint density at radius 2 is 1.80 bits per heavy atom. The number of anilines is 1. The Kier molecular flexibility index (Phi) is 5.85. The number of ether oxygens (including phenoxy) is 2. The summed E-state index contributed by atoms with van der Waals surface area (Å²) in [6.45, 7) is -0.761. The minimum atomic E-state index is -4.91. The van der Waals surface area contributed by atoms with Crippen LogP contribution in [0.2, 0.25) is 0 Å². The number of rotatable bonds is 6. The Morgan fingerprint density at radius 1 is 1.13 bits per heavy atom. The third-order valence-corrected chi connectivity index (χ3v) is 5.07. The zero-order chi connectivity index (χ0) is 21.9. The van der Waals surface area contributed by atoms with Gasteiger partial charge in [-0.2, -0.15) is 0 Å². The number of fused-ring (bicyclic) bond motifs is 1. The van der Waals surface area contributed by atoms with Crippen LogP contribution >= 0.6 is 0 Å². The van der Waals surface area contributed by atoms with Crippen LogP contribution in [0.25, 0.3) is 0 Å². The SMILES string of the molecule is O=C(CN1C(=O)COc2ccccc21)NNS(=O)(=O)c1ccc(OC(F)(F)F)cc1. The first kappa shape index (κ1) is 21.4. The fourth-order valence-electron chi connectivity index (χ4n) is 2.51. The van der Waals surface area contributed by atoms with Crippen LogP contribution in [-0.4, -0.2) is 39.7 Å². The summed E-state index contributed by atoms with van der Waals surface area (Å²) < 4.78 is 69.8. The Balaban J connectivity index is 1.62. The number of para-hydroxylation sites is 2. The molecular formula is C17H14F3N3O6S. The van der Waals surface area contributed by atoms with Crippen molar-refractivity contribution in [3.63, 3.8) is 0 Å². The zero-order valence-corrected chi connectivity index (χ0v) is 15.8. The van der Waals surface area contributed by atoms with Crippen LogP contribution in [0, 0.1) is 0 Å². The minimum Gasteiger partial charge on any atom is -0.482 e. The molecule has 0 aromatic heterocycles. The van der Waals surface area contributed by atoms with Crippen molar-refractivity contribution in [3.8, 4) is 11.5 Å². The molecule has 3 rings (SSSR count). The molecule has 160 valence electrons. The van der Waals surface area contributed by atoms with Gasteiger partial charge in [-0.05, 0) is 36.4 Å². The molecule has 2 aromatic carbocycles. The molecule has 13 heteroatoms. The van der Waals surface area contributed by atoms with E-state index in [1.54, 1.807) is 24.3 Å². The molecule has 0 aliphatic carbocycles. The molecule has 0 spiro atoms. The van der Waals surface area contributed by atoms with Crippen LogP contribution in [-0.2, 0) is 19.6 Å². The number of carbonyl (C=O) groups is 2. The highest BCUT2D eigenvalue weighted by molar-refractivity contribution is 7.89. The van der Waals surface area contributed by atoms with Crippen molar-refractivity contribution in [1.29, 1.82) is 0 Å². The van der Waals surface area contributed by atoms with E-state index in [9.17, 15) is 31.2 Å². The van der Waals surface area contributed by atoms with Gasteiger partial charge < -0.3 is 9.47 Å². The van der Waals surface area contributed by atoms with Gasteiger partial charge in [0.05, 0.1) is 10.6 Å². The number of amides is 2. The van der Waals surface area contributed by atoms with Crippen molar-refractivity contribution in [1.82, 2.24) is 10.3 Å². The monoisotopic (exact) mass is 445 g/mol. The van der Waals surface area contributed by atoms with Gasteiger partial charge in [0, 0.05) is 0 Å². The van der Waals surface area contributed by atoms with Crippen LogP contribution in [0.3, 0.4) is 0 Å². The molecule has 0 bridgehead atoms. The van der Waals surface area contributed by atoms with E-state index in [0.29, 0.717) is 11.4 Å². The highest BCUT2D eigenvalue weighted by Gasteiger charge is 2.31. The third kappa shape index (κ3) is 5.18. The molecule has 0 saturated carbocycles. The van der Waals surface area contributed by atoms with Gasteiger partial charge in [-0.25, -0.2) is 8.42 Å². The van der Waals surface area contributed by atoms with Gasteiger partial charge in [0.25, 0.3) is 21.8 Å².